The topological polar surface area (TPSA) is 26.0 Å². The monoisotopic (exact) mass is 195 g/mol. The highest BCUT2D eigenvalue weighted by molar-refractivity contribution is 6.15. The molecule has 82 valence electrons. The maximum atomic E-state index is 6.26. The molecule has 0 unspecified atom stereocenters. The smallest absolute Gasteiger partial charge is 0.127 e. The third kappa shape index (κ3) is 5.69. The van der Waals surface area contributed by atoms with Gasteiger partial charge in [0.25, 0.3) is 0 Å². The van der Waals surface area contributed by atoms with Crippen LogP contribution in [0.25, 0.3) is 0 Å². The van der Waals surface area contributed by atoms with Gasteiger partial charge in [-0.15, -0.1) is 0 Å². The van der Waals surface area contributed by atoms with E-state index >= 15 is 0 Å². The van der Waals surface area contributed by atoms with Gasteiger partial charge in [-0.05, 0) is 18.3 Å². The molecule has 0 radical (unpaired) electrons. The highest BCUT2D eigenvalue weighted by Crippen LogP contribution is 2.20. The van der Waals surface area contributed by atoms with E-state index < -0.39 is 0 Å². The van der Waals surface area contributed by atoms with Crippen LogP contribution in [-0.4, -0.2) is 13.3 Å². The summed E-state index contributed by atoms with van der Waals surface area (Å²) in [5.41, 5.74) is 6.38. The van der Waals surface area contributed by atoms with E-state index in [4.69, 9.17) is 5.73 Å². The van der Waals surface area contributed by atoms with Gasteiger partial charge < -0.3 is 5.73 Å². The largest absolute Gasteiger partial charge is 0.332 e. The molecule has 1 aliphatic carbocycles. The van der Waals surface area contributed by atoms with E-state index in [1.165, 1.54) is 70.6 Å². The molecule has 2 N–H and O–H groups in total. The molecule has 0 spiro atoms. The number of rotatable bonds is 0. The molecular formula is C12H26BN. The molecule has 14 heavy (non-hydrogen) atoms. The minimum Gasteiger partial charge on any atom is -0.332 e. The number of hydrogen-bond donors (Lipinski definition) is 1. The zero-order valence-electron chi connectivity index (χ0n) is 9.86. The molecule has 1 rings (SSSR count). The minimum absolute atomic E-state index is 0.124. The summed E-state index contributed by atoms with van der Waals surface area (Å²) in [5.74, 6) is 0. The second-order valence-corrected chi connectivity index (χ2v) is 5.34. The predicted octanol–water partition coefficient (Wildman–Crippen LogP) is 2.58. The lowest BCUT2D eigenvalue weighted by molar-refractivity contribution is 0.431. The van der Waals surface area contributed by atoms with Crippen molar-refractivity contribution >= 4 is 7.85 Å². The minimum atomic E-state index is 0.124. The molecule has 1 saturated carbocycles. The lowest BCUT2D eigenvalue weighted by atomic mass is 9.71. The first-order chi connectivity index (χ1) is 6.71. The molecule has 0 atom stereocenters. The fourth-order valence-electron chi connectivity index (χ4n) is 2.42. The summed E-state index contributed by atoms with van der Waals surface area (Å²) >= 11 is 0. The van der Waals surface area contributed by atoms with Crippen LogP contribution in [0.2, 0.25) is 0 Å². The van der Waals surface area contributed by atoms with Crippen molar-refractivity contribution < 1.29 is 0 Å². The molecule has 0 aromatic heterocycles. The third-order valence-electron chi connectivity index (χ3n) is 3.50. The van der Waals surface area contributed by atoms with Crippen LogP contribution >= 0.6 is 0 Å². The Kier molecular flexibility index (Phi) is 5.61. The van der Waals surface area contributed by atoms with Gasteiger partial charge in [0.05, 0.1) is 0 Å². The molecule has 0 heterocycles. The summed E-state index contributed by atoms with van der Waals surface area (Å²) in [4.78, 5) is 0. The summed E-state index contributed by atoms with van der Waals surface area (Å²) in [6.45, 7) is 0. The van der Waals surface area contributed by atoms with E-state index in [-0.39, 0.29) is 5.44 Å². The molecular weight excluding hydrogens is 169 g/mol. The lowest BCUT2D eigenvalue weighted by Gasteiger charge is -2.25. The third-order valence-corrected chi connectivity index (χ3v) is 3.50. The highest BCUT2D eigenvalue weighted by Gasteiger charge is 2.17. The molecule has 1 aliphatic rings. The van der Waals surface area contributed by atoms with Crippen molar-refractivity contribution in [3.05, 3.63) is 0 Å². The van der Waals surface area contributed by atoms with E-state index in [2.05, 4.69) is 7.85 Å². The average molecular weight is 195 g/mol. The zero-order valence-corrected chi connectivity index (χ0v) is 9.86. The average Bonchev–Trinajstić information content (AvgIpc) is 2.11. The van der Waals surface area contributed by atoms with Crippen LogP contribution in [0.1, 0.15) is 70.6 Å². The Morgan fingerprint density at radius 3 is 1.29 bits per heavy atom. The van der Waals surface area contributed by atoms with Crippen molar-refractivity contribution in [3.63, 3.8) is 0 Å². The second kappa shape index (κ2) is 6.50. The fourth-order valence-corrected chi connectivity index (χ4v) is 2.42. The first-order valence-electron chi connectivity index (χ1n) is 6.50. The van der Waals surface area contributed by atoms with Crippen LogP contribution in [0.5, 0.6) is 0 Å². The lowest BCUT2D eigenvalue weighted by Crippen LogP contribution is -2.40. The normalized spacial score (nSPS) is 26.1. The Hall–Kier alpha value is 0.0249. The van der Waals surface area contributed by atoms with Crippen LogP contribution in [0.4, 0.5) is 0 Å². The second-order valence-electron chi connectivity index (χ2n) is 5.34. The van der Waals surface area contributed by atoms with E-state index in [1.54, 1.807) is 0 Å². The van der Waals surface area contributed by atoms with Gasteiger partial charge in [0.15, 0.2) is 0 Å². The van der Waals surface area contributed by atoms with Crippen LogP contribution in [-0.2, 0) is 0 Å². The van der Waals surface area contributed by atoms with E-state index in [1.807, 2.05) is 0 Å². The van der Waals surface area contributed by atoms with Crippen molar-refractivity contribution in [1.82, 2.24) is 0 Å². The Balaban J connectivity index is 2.24. The van der Waals surface area contributed by atoms with E-state index in [0.29, 0.717) is 0 Å². The highest BCUT2D eigenvalue weighted by atomic mass is 14.7. The maximum Gasteiger partial charge on any atom is 0.127 e. The SMILES string of the molecule is BC1(N)CCCCCCCCCCC1. The summed E-state index contributed by atoms with van der Waals surface area (Å²) in [6.07, 6.45) is 15.1. The Bertz CT molecular complexity index is 131. The first-order valence-corrected chi connectivity index (χ1v) is 6.50. The molecule has 0 saturated heterocycles. The summed E-state index contributed by atoms with van der Waals surface area (Å²) in [7, 11) is 2.23. The molecule has 0 aromatic rings. The predicted molar refractivity (Wildman–Crippen MR) is 66.2 cm³/mol. The van der Waals surface area contributed by atoms with Crippen molar-refractivity contribution in [2.24, 2.45) is 5.73 Å². The van der Waals surface area contributed by atoms with Crippen molar-refractivity contribution in [3.8, 4) is 0 Å². The molecule has 0 amide bonds. The van der Waals surface area contributed by atoms with Gasteiger partial charge in [-0.2, -0.15) is 0 Å². The summed E-state index contributed by atoms with van der Waals surface area (Å²) in [6, 6.07) is 0. The molecule has 0 bridgehead atoms. The van der Waals surface area contributed by atoms with Crippen molar-refractivity contribution in [2.75, 3.05) is 0 Å². The fraction of sp³-hybridized carbons (Fsp3) is 1.00. The number of nitrogens with two attached hydrogens (primary N) is 1. The quantitative estimate of drug-likeness (QED) is 0.590. The molecule has 1 fully saturated rings. The Labute approximate surface area is 90.2 Å². The first kappa shape index (κ1) is 12.1. The van der Waals surface area contributed by atoms with Crippen LogP contribution in [0.3, 0.4) is 0 Å². The van der Waals surface area contributed by atoms with Crippen molar-refractivity contribution in [1.29, 1.82) is 0 Å². The Morgan fingerprint density at radius 1 is 0.643 bits per heavy atom. The molecule has 0 aliphatic heterocycles. The van der Waals surface area contributed by atoms with Gasteiger partial charge in [0.1, 0.15) is 7.85 Å². The van der Waals surface area contributed by atoms with Gasteiger partial charge in [-0.3, -0.25) is 0 Å². The standard InChI is InChI=1S/C12H26BN/c13-12(14)10-8-6-4-2-1-3-5-7-9-11-12/h1-11,13-14H2. The van der Waals surface area contributed by atoms with Crippen molar-refractivity contribution in [2.45, 2.75) is 76.1 Å². The molecule has 0 aromatic carbocycles. The van der Waals surface area contributed by atoms with Crippen LogP contribution in [0.15, 0.2) is 0 Å². The Morgan fingerprint density at radius 2 is 0.929 bits per heavy atom. The molecule has 2 heteroatoms. The van der Waals surface area contributed by atoms with Gasteiger partial charge in [0.2, 0.25) is 0 Å². The number of hydrogen-bond acceptors (Lipinski definition) is 1. The van der Waals surface area contributed by atoms with Gasteiger partial charge in [-0.25, -0.2) is 0 Å². The maximum absolute atomic E-state index is 6.26. The molecule has 1 nitrogen and oxygen atoms in total. The van der Waals surface area contributed by atoms with E-state index in [9.17, 15) is 0 Å². The van der Waals surface area contributed by atoms with Gasteiger partial charge in [-0.1, -0.05) is 57.8 Å². The van der Waals surface area contributed by atoms with E-state index in [0.717, 1.165) is 0 Å². The summed E-state index contributed by atoms with van der Waals surface area (Å²) in [5, 5.41) is 0. The summed E-state index contributed by atoms with van der Waals surface area (Å²) < 4.78 is 0. The van der Waals surface area contributed by atoms with Crippen LogP contribution < -0.4 is 5.73 Å². The van der Waals surface area contributed by atoms with Gasteiger partial charge >= 0.3 is 0 Å². The van der Waals surface area contributed by atoms with Crippen LogP contribution in [0, 0.1) is 0 Å². The van der Waals surface area contributed by atoms with Gasteiger partial charge in [0, 0.05) is 0 Å². The zero-order chi connectivity index (χ0) is 10.3.